The summed E-state index contributed by atoms with van der Waals surface area (Å²) >= 11 is 2.95. The molecule has 0 N–H and O–H groups in total. The number of hydrogen-bond acceptors (Lipinski definition) is 7. The van der Waals surface area contributed by atoms with Crippen molar-refractivity contribution in [2.24, 2.45) is 0 Å². The van der Waals surface area contributed by atoms with E-state index in [1.54, 1.807) is 30.6 Å². The van der Waals surface area contributed by atoms with Gasteiger partial charge in [0, 0.05) is 46.9 Å². The molecule has 0 radical (unpaired) electrons. The molecule has 0 unspecified atom stereocenters. The molecule has 3 heterocycles. The van der Waals surface area contributed by atoms with E-state index in [1.807, 2.05) is 46.7 Å². The Morgan fingerprint density at radius 3 is 2.50 bits per heavy atom. The number of para-hydroxylation sites is 1. The van der Waals surface area contributed by atoms with Crippen molar-refractivity contribution in [3.63, 3.8) is 0 Å². The molecule has 0 spiro atoms. The van der Waals surface area contributed by atoms with E-state index in [9.17, 15) is 18.0 Å². The third kappa shape index (κ3) is 5.28. The molecule has 6 nitrogen and oxygen atoms in total. The molecule has 0 bridgehead atoms. The number of fused-ring (bicyclic) bond motifs is 2. The summed E-state index contributed by atoms with van der Waals surface area (Å²) in [7, 11) is 1.64. The fraction of sp³-hybridized carbons (Fsp3) is 0.241. The summed E-state index contributed by atoms with van der Waals surface area (Å²) in [6.45, 7) is 2.77. The highest BCUT2D eigenvalue weighted by Gasteiger charge is 2.35. The van der Waals surface area contributed by atoms with Gasteiger partial charge in [-0.05, 0) is 42.5 Å². The minimum Gasteiger partial charge on any atom is -0.497 e. The van der Waals surface area contributed by atoms with Crippen LogP contribution in [0.4, 0.5) is 29.7 Å². The zero-order valence-corrected chi connectivity index (χ0v) is 23.2. The Bertz CT molecular complexity index is 1550. The maximum atomic E-state index is 13.7. The summed E-state index contributed by atoms with van der Waals surface area (Å²) in [5.74, 6) is 0.522. The average Bonchev–Trinajstić information content (AvgIpc) is 3.46. The van der Waals surface area contributed by atoms with E-state index in [4.69, 9.17) is 9.72 Å². The zero-order valence-electron chi connectivity index (χ0n) is 21.5. The number of nitrogens with zero attached hydrogens (tertiary/aromatic N) is 4. The number of aromatic nitrogens is 1. The van der Waals surface area contributed by atoms with Gasteiger partial charge in [-0.2, -0.15) is 13.2 Å². The Morgan fingerprint density at radius 2 is 1.73 bits per heavy atom. The van der Waals surface area contributed by atoms with Gasteiger partial charge in [-0.25, -0.2) is 4.98 Å². The van der Waals surface area contributed by atoms with Crippen LogP contribution in [0.5, 0.6) is 5.75 Å². The first kappa shape index (κ1) is 26.7. The molecule has 2 aliphatic heterocycles. The Balaban J connectivity index is 1.16. The van der Waals surface area contributed by atoms with E-state index >= 15 is 0 Å². The lowest BCUT2D eigenvalue weighted by atomic mass is 10.1. The summed E-state index contributed by atoms with van der Waals surface area (Å²) in [5, 5.41) is 2.94. The molecule has 2 aliphatic rings. The number of amides is 1. The van der Waals surface area contributed by atoms with Gasteiger partial charge in [0.25, 0.3) is 0 Å². The number of piperazine rings is 1. The number of alkyl halides is 3. The number of halogens is 3. The van der Waals surface area contributed by atoms with Crippen molar-refractivity contribution in [1.29, 1.82) is 0 Å². The quantitative estimate of drug-likeness (QED) is 0.258. The van der Waals surface area contributed by atoms with E-state index in [0.29, 0.717) is 36.8 Å². The van der Waals surface area contributed by atoms with Crippen LogP contribution in [0.1, 0.15) is 5.56 Å². The second kappa shape index (κ2) is 10.8. The largest absolute Gasteiger partial charge is 0.497 e. The number of ether oxygens (including phenoxy) is 1. The molecule has 11 heteroatoms. The Kier molecular flexibility index (Phi) is 7.20. The van der Waals surface area contributed by atoms with Crippen LogP contribution in [-0.4, -0.2) is 55.6 Å². The SMILES string of the molecule is COc1cccc(-c2csc(N3CCN(CC(=O)N4c5ccccc5Sc5ccc(C(F)(F)F)cc54)CC3)n2)c1. The Labute approximate surface area is 238 Å². The predicted molar refractivity (Wildman–Crippen MR) is 152 cm³/mol. The van der Waals surface area contributed by atoms with Gasteiger partial charge < -0.3 is 9.64 Å². The van der Waals surface area contributed by atoms with E-state index in [2.05, 4.69) is 4.90 Å². The molecule has 6 rings (SSSR count). The maximum absolute atomic E-state index is 13.7. The molecule has 40 heavy (non-hydrogen) atoms. The number of anilines is 3. The van der Waals surface area contributed by atoms with Crippen molar-refractivity contribution in [2.75, 3.05) is 49.6 Å². The molecule has 0 aliphatic carbocycles. The fourth-order valence-corrected chi connectivity index (χ4v) is 6.81. The lowest BCUT2D eigenvalue weighted by Gasteiger charge is -2.36. The normalized spacial score (nSPS) is 15.5. The number of benzene rings is 3. The van der Waals surface area contributed by atoms with Gasteiger partial charge in [0.2, 0.25) is 5.91 Å². The monoisotopic (exact) mass is 582 g/mol. The van der Waals surface area contributed by atoms with Crippen molar-refractivity contribution in [3.8, 4) is 17.0 Å². The molecule has 206 valence electrons. The van der Waals surface area contributed by atoms with Gasteiger partial charge in [0.05, 0.1) is 36.3 Å². The average molecular weight is 583 g/mol. The third-order valence-corrected chi connectivity index (χ3v) is 8.99. The zero-order chi connectivity index (χ0) is 27.9. The topological polar surface area (TPSA) is 48.9 Å². The van der Waals surface area contributed by atoms with E-state index in [0.717, 1.165) is 39.2 Å². The molecule has 1 fully saturated rings. The molecular formula is C29H25F3N4O2S2. The highest BCUT2D eigenvalue weighted by Crippen LogP contribution is 2.49. The number of methoxy groups -OCH3 is 1. The molecule has 1 saturated heterocycles. The predicted octanol–water partition coefficient (Wildman–Crippen LogP) is 6.79. The molecule has 0 saturated carbocycles. The number of rotatable bonds is 5. The fourth-order valence-electron chi connectivity index (χ4n) is 4.88. The van der Waals surface area contributed by atoms with Crippen LogP contribution in [0.25, 0.3) is 11.3 Å². The van der Waals surface area contributed by atoms with E-state index in [1.165, 1.54) is 22.7 Å². The molecule has 1 amide bonds. The summed E-state index contributed by atoms with van der Waals surface area (Å²) in [6, 6.07) is 18.7. The molecule has 1 aromatic heterocycles. The summed E-state index contributed by atoms with van der Waals surface area (Å²) in [5.41, 5.74) is 1.98. The molecule has 3 aromatic carbocycles. The first-order valence-electron chi connectivity index (χ1n) is 12.7. The van der Waals surface area contributed by atoms with E-state index < -0.39 is 11.7 Å². The van der Waals surface area contributed by atoms with Gasteiger partial charge in [-0.1, -0.05) is 36.0 Å². The van der Waals surface area contributed by atoms with Crippen molar-refractivity contribution in [1.82, 2.24) is 9.88 Å². The van der Waals surface area contributed by atoms with Gasteiger partial charge in [-0.3, -0.25) is 14.6 Å². The van der Waals surface area contributed by atoms with Crippen molar-refractivity contribution in [2.45, 2.75) is 16.0 Å². The second-order valence-electron chi connectivity index (χ2n) is 9.49. The minimum absolute atomic E-state index is 0.107. The number of carbonyl (C=O) groups is 1. The lowest BCUT2D eigenvalue weighted by molar-refractivity contribution is -0.137. The third-order valence-electron chi connectivity index (χ3n) is 6.96. The van der Waals surface area contributed by atoms with Gasteiger partial charge in [0.15, 0.2) is 5.13 Å². The van der Waals surface area contributed by atoms with Crippen molar-refractivity contribution < 1.29 is 22.7 Å². The Hall–Kier alpha value is -3.54. The molecule has 0 atom stereocenters. The summed E-state index contributed by atoms with van der Waals surface area (Å²) < 4.78 is 45.9. The highest BCUT2D eigenvalue weighted by atomic mass is 32.2. The van der Waals surface area contributed by atoms with Crippen LogP contribution >= 0.6 is 23.1 Å². The highest BCUT2D eigenvalue weighted by molar-refractivity contribution is 7.99. The van der Waals surface area contributed by atoms with Gasteiger partial charge >= 0.3 is 6.18 Å². The van der Waals surface area contributed by atoms with Crippen LogP contribution in [0.3, 0.4) is 0 Å². The van der Waals surface area contributed by atoms with Crippen LogP contribution in [0.2, 0.25) is 0 Å². The van der Waals surface area contributed by atoms with Gasteiger partial charge in [0.1, 0.15) is 5.75 Å². The smallest absolute Gasteiger partial charge is 0.416 e. The van der Waals surface area contributed by atoms with Gasteiger partial charge in [-0.15, -0.1) is 11.3 Å². The van der Waals surface area contributed by atoms with Crippen molar-refractivity contribution in [3.05, 3.63) is 77.7 Å². The summed E-state index contributed by atoms with van der Waals surface area (Å²) in [6.07, 6.45) is -4.50. The number of hydrogen-bond donors (Lipinski definition) is 0. The first-order valence-corrected chi connectivity index (χ1v) is 14.4. The summed E-state index contributed by atoms with van der Waals surface area (Å²) in [4.78, 5) is 25.7. The molecular weight excluding hydrogens is 557 g/mol. The van der Waals surface area contributed by atoms with Crippen LogP contribution < -0.4 is 14.5 Å². The van der Waals surface area contributed by atoms with Crippen LogP contribution in [-0.2, 0) is 11.0 Å². The maximum Gasteiger partial charge on any atom is 0.416 e. The van der Waals surface area contributed by atoms with Crippen LogP contribution in [0, 0.1) is 0 Å². The number of thiazole rings is 1. The van der Waals surface area contributed by atoms with E-state index in [-0.39, 0.29) is 18.1 Å². The standard InChI is InChI=1S/C29H25F3N4O2S2/c1-38-21-6-4-5-19(15-21)22-18-39-28(33-22)35-13-11-34(12-14-35)17-27(37)36-23-7-2-3-8-25(23)40-26-10-9-20(16-24(26)36)29(30,31)32/h2-10,15-16,18H,11-14,17H2,1H3. The van der Waals surface area contributed by atoms with Crippen LogP contribution in [0.15, 0.2) is 81.9 Å². The second-order valence-corrected chi connectivity index (χ2v) is 11.4. The Morgan fingerprint density at radius 1 is 0.950 bits per heavy atom. The lowest BCUT2D eigenvalue weighted by Crippen LogP contribution is -2.49. The number of carbonyl (C=O) groups excluding carboxylic acids is 1. The minimum atomic E-state index is -4.50. The van der Waals surface area contributed by atoms with Crippen molar-refractivity contribution >= 4 is 45.5 Å². The first-order chi connectivity index (χ1) is 19.3. The molecule has 4 aromatic rings.